The van der Waals surface area contributed by atoms with Gasteiger partial charge in [-0.05, 0) is 31.0 Å². The van der Waals surface area contributed by atoms with Gasteiger partial charge >= 0.3 is 6.03 Å². The van der Waals surface area contributed by atoms with Gasteiger partial charge in [-0.2, -0.15) is 0 Å². The highest BCUT2D eigenvalue weighted by atomic mass is 32.2. The molecule has 0 saturated carbocycles. The van der Waals surface area contributed by atoms with Crippen LogP contribution in [-0.4, -0.2) is 47.4 Å². The molecule has 0 bridgehead atoms. The largest absolute Gasteiger partial charge is 0.378 e. The van der Waals surface area contributed by atoms with Crippen molar-refractivity contribution in [3.8, 4) is 0 Å². The highest BCUT2D eigenvalue weighted by molar-refractivity contribution is 7.89. The van der Waals surface area contributed by atoms with Gasteiger partial charge in [-0.3, -0.25) is 0 Å². The molecule has 130 valence electrons. The van der Waals surface area contributed by atoms with E-state index in [9.17, 15) is 13.2 Å². The summed E-state index contributed by atoms with van der Waals surface area (Å²) in [5.41, 5.74) is 2.12. The van der Waals surface area contributed by atoms with Crippen molar-refractivity contribution in [1.82, 2.24) is 15.4 Å². The Balaban J connectivity index is 2.19. The van der Waals surface area contributed by atoms with Crippen LogP contribution in [0.5, 0.6) is 0 Å². The highest BCUT2D eigenvalue weighted by Gasteiger charge is 2.05. The van der Waals surface area contributed by atoms with Gasteiger partial charge in [-0.25, -0.2) is 17.9 Å². The van der Waals surface area contributed by atoms with Crippen LogP contribution in [0.2, 0.25) is 0 Å². The number of hydrogen-bond acceptors (Lipinski definition) is 4. The van der Waals surface area contributed by atoms with E-state index in [1.54, 1.807) is 6.92 Å². The standard InChI is InChI=1S/C15H26N4O3S/c1-4-23(21,22)18-11-5-10-16-15(20)17-12-13-6-8-14(9-7-13)19(2)3/h6-9,18H,4-5,10-12H2,1-3H3,(H2,16,17,20). The van der Waals surface area contributed by atoms with E-state index in [1.165, 1.54) is 0 Å². The Morgan fingerprint density at radius 2 is 1.74 bits per heavy atom. The van der Waals surface area contributed by atoms with E-state index in [2.05, 4.69) is 15.4 Å². The molecular weight excluding hydrogens is 316 g/mol. The molecule has 0 aliphatic heterocycles. The molecule has 0 saturated heterocycles. The van der Waals surface area contributed by atoms with Crippen molar-refractivity contribution in [2.24, 2.45) is 0 Å². The second-order valence-electron chi connectivity index (χ2n) is 5.32. The Morgan fingerprint density at radius 1 is 1.09 bits per heavy atom. The minimum atomic E-state index is -3.16. The van der Waals surface area contributed by atoms with E-state index in [4.69, 9.17) is 0 Å². The third-order valence-corrected chi connectivity index (χ3v) is 4.65. The normalized spacial score (nSPS) is 11.1. The number of amides is 2. The molecule has 1 rings (SSSR count). The van der Waals surface area contributed by atoms with Gasteiger partial charge in [0.05, 0.1) is 5.75 Å². The quantitative estimate of drug-likeness (QED) is 0.581. The number of urea groups is 1. The molecule has 1 aromatic carbocycles. The fraction of sp³-hybridized carbons (Fsp3) is 0.533. The number of carbonyl (C=O) groups is 1. The number of rotatable bonds is 9. The minimum absolute atomic E-state index is 0.0630. The van der Waals surface area contributed by atoms with E-state index in [1.807, 2.05) is 43.3 Å². The molecule has 0 radical (unpaired) electrons. The number of nitrogens with zero attached hydrogens (tertiary/aromatic N) is 1. The third-order valence-electron chi connectivity index (χ3n) is 3.25. The zero-order valence-corrected chi connectivity index (χ0v) is 14.7. The van der Waals surface area contributed by atoms with Gasteiger partial charge in [0.2, 0.25) is 10.0 Å². The topological polar surface area (TPSA) is 90.5 Å². The average molecular weight is 342 g/mol. The molecule has 0 aliphatic rings. The summed E-state index contributed by atoms with van der Waals surface area (Å²) in [6.45, 7) is 2.77. The molecule has 0 unspecified atom stereocenters. The molecule has 0 heterocycles. The van der Waals surface area contributed by atoms with Gasteiger partial charge < -0.3 is 15.5 Å². The summed E-state index contributed by atoms with van der Waals surface area (Å²) in [5.74, 6) is 0.0630. The van der Waals surface area contributed by atoms with Crippen LogP contribution in [-0.2, 0) is 16.6 Å². The summed E-state index contributed by atoms with van der Waals surface area (Å²) in [7, 11) is 0.789. The number of sulfonamides is 1. The number of carbonyl (C=O) groups excluding carboxylic acids is 1. The molecule has 0 aromatic heterocycles. The predicted octanol–water partition coefficient (Wildman–Crippen LogP) is 0.881. The van der Waals surface area contributed by atoms with E-state index in [0.29, 0.717) is 26.1 Å². The van der Waals surface area contributed by atoms with Crippen molar-refractivity contribution in [3.63, 3.8) is 0 Å². The summed E-state index contributed by atoms with van der Waals surface area (Å²) in [4.78, 5) is 13.6. The van der Waals surface area contributed by atoms with Crippen LogP contribution in [0.4, 0.5) is 10.5 Å². The fourth-order valence-corrected chi connectivity index (χ4v) is 2.44. The van der Waals surface area contributed by atoms with E-state index in [-0.39, 0.29) is 11.8 Å². The minimum Gasteiger partial charge on any atom is -0.378 e. The smallest absolute Gasteiger partial charge is 0.315 e. The number of benzene rings is 1. The molecule has 2 amide bonds. The summed E-state index contributed by atoms with van der Waals surface area (Å²) in [6.07, 6.45) is 0.546. The van der Waals surface area contributed by atoms with Crippen LogP contribution in [0.25, 0.3) is 0 Å². The molecule has 0 fully saturated rings. The summed E-state index contributed by atoms with van der Waals surface area (Å²) < 4.78 is 24.9. The van der Waals surface area contributed by atoms with E-state index < -0.39 is 10.0 Å². The lowest BCUT2D eigenvalue weighted by atomic mass is 10.2. The predicted molar refractivity (Wildman–Crippen MR) is 93.1 cm³/mol. The highest BCUT2D eigenvalue weighted by Crippen LogP contribution is 2.11. The first-order valence-electron chi connectivity index (χ1n) is 7.59. The van der Waals surface area contributed by atoms with Crippen LogP contribution in [0, 0.1) is 0 Å². The second-order valence-corrected chi connectivity index (χ2v) is 7.42. The molecule has 0 aliphatic carbocycles. The first-order chi connectivity index (χ1) is 10.8. The molecule has 0 spiro atoms. The van der Waals surface area contributed by atoms with Crippen LogP contribution >= 0.6 is 0 Å². The lowest BCUT2D eigenvalue weighted by molar-refractivity contribution is 0.240. The maximum absolute atomic E-state index is 11.6. The zero-order valence-electron chi connectivity index (χ0n) is 13.9. The van der Waals surface area contributed by atoms with Gasteiger partial charge in [0.15, 0.2) is 0 Å². The maximum Gasteiger partial charge on any atom is 0.315 e. The van der Waals surface area contributed by atoms with Crippen molar-refractivity contribution < 1.29 is 13.2 Å². The first kappa shape index (κ1) is 19.2. The summed E-state index contributed by atoms with van der Waals surface area (Å²) in [5, 5.41) is 5.46. The van der Waals surface area contributed by atoms with Crippen LogP contribution in [0.3, 0.4) is 0 Å². The van der Waals surface area contributed by atoms with Crippen LogP contribution < -0.4 is 20.3 Å². The van der Waals surface area contributed by atoms with Crippen molar-refractivity contribution >= 4 is 21.7 Å². The van der Waals surface area contributed by atoms with Crippen LogP contribution in [0.15, 0.2) is 24.3 Å². The molecule has 7 nitrogen and oxygen atoms in total. The van der Waals surface area contributed by atoms with Gasteiger partial charge in [0.25, 0.3) is 0 Å². The lowest BCUT2D eigenvalue weighted by Crippen LogP contribution is -2.37. The molecule has 3 N–H and O–H groups in total. The van der Waals surface area contributed by atoms with Gasteiger partial charge in [-0.15, -0.1) is 0 Å². The molecule has 1 aromatic rings. The fourth-order valence-electron chi connectivity index (χ4n) is 1.78. The van der Waals surface area contributed by atoms with Crippen LogP contribution in [0.1, 0.15) is 18.9 Å². The number of hydrogen-bond donors (Lipinski definition) is 3. The lowest BCUT2D eigenvalue weighted by Gasteiger charge is -2.13. The molecule has 8 heteroatoms. The third kappa shape index (κ3) is 7.85. The molecular formula is C15H26N4O3S. The maximum atomic E-state index is 11.6. The Labute approximate surface area is 138 Å². The van der Waals surface area contributed by atoms with Crippen molar-refractivity contribution in [1.29, 1.82) is 0 Å². The van der Waals surface area contributed by atoms with E-state index in [0.717, 1.165) is 11.3 Å². The number of nitrogens with one attached hydrogen (secondary N) is 3. The summed E-state index contributed by atoms with van der Waals surface area (Å²) >= 11 is 0. The van der Waals surface area contributed by atoms with Gasteiger partial charge in [0, 0.05) is 39.4 Å². The van der Waals surface area contributed by atoms with Gasteiger partial charge in [0.1, 0.15) is 0 Å². The second kappa shape index (κ2) is 9.36. The van der Waals surface area contributed by atoms with E-state index >= 15 is 0 Å². The molecule has 23 heavy (non-hydrogen) atoms. The molecule has 0 atom stereocenters. The summed E-state index contributed by atoms with van der Waals surface area (Å²) in [6, 6.07) is 7.66. The average Bonchev–Trinajstić information content (AvgIpc) is 2.53. The first-order valence-corrected chi connectivity index (χ1v) is 9.24. The van der Waals surface area contributed by atoms with Gasteiger partial charge in [-0.1, -0.05) is 12.1 Å². The zero-order chi connectivity index (χ0) is 17.3. The monoisotopic (exact) mass is 342 g/mol. The van der Waals surface area contributed by atoms with Crippen molar-refractivity contribution in [3.05, 3.63) is 29.8 Å². The SMILES string of the molecule is CCS(=O)(=O)NCCCNC(=O)NCc1ccc(N(C)C)cc1. The Hall–Kier alpha value is -1.80. The Kier molecular flexibility index (Phi) is 7.84. The Morgan fingerprint density at radius 3 is 2.30 bits per heavy atom. The Bertz CT molecular complexity index is 585. The van der Waals surface area contributed by atoms with Crippen molar-refractivity contribution in [2.45, 2.75) is 19.9 Å². The van der Waals surface area contributed by atoms with Crippen molar-refractivity contribution in [2.75, 3.05) is 37.8 Å². The number of anilines is 1.